The SMILES string of the molecule is CC(C)(CC(=O)O)NC(=O)c1cc2ccc(F)cc2s1. The van der Waals surface area contributed by atoms with Gasteiger partial charge in [0.2, 0.25) is 0 Å². The van der Waals surface area contributed by atoms with Crippen molar-refractivity contribution in [2.75, 3.05) is 0 Å². The van der Waals surface area contributed by atoms with Gasteiger partial charge in [0, 0.05) is 10.2 Å². The first-order chi connectivity index (χ1) is 9.27. The van der Waals surface area contributed by atoms with Crippen LogP contribution in [0.2, 0.25) is 0 Å². The molecule has 0 bridgehead atoms. The molecule has 106 valence electrons. The molecular formula is C14H14FNO3S. The summed E-state index contributed by atoms with van der Waals surface area (Å²) in [5.41, 5.74) is -0.843. The molecule has 0 unspecified atom stereocenters. The van der Waals surface area contributed by atoms with Crippen LogP contribution in [0.25, 0.3) is 10.1 Å². The Hall–Kier alpha value is -1.95. The van der Waals surface area contributed by atoms with E-state index in [0.717, 1.165) is 5.39 Å². The van der Waals surface area contributed by atoms with Gasteiger partial charge < -0.3 is 10.4 Å². The summed E-state index contributed by atoms with van der Waals surface area (Å²) >= 11 is 1.18. The smallest absolute Gasteiger partial charge is 0.305 e. The molecule has 1 amide bonds. The summed E-state index contributed by atoms with van der Waals surface area (Å²) in [7, 11) is 0. The monoisotopic (exact) mass is 295 g/mol. The van der Waals surface area contributed by atoms with Crippen LogP contribution in [0.15, 0.2) is 24.3 Å². The number of rotatable bonds is 4. The standard InChI is InChI=1S/C14H14FNO3S/c1-14(2,7-12(17)18)16-13(19)11-5-8-3-4-9(15)6-10(8)20-11/h3-6H,7H2,1-2H3,(H,16,19)(H,17,18). The molecule has 0 aliphatic carbocycles. The lowest BCUT2D eigenvalue weighted by atomic mass is 10.0. The lowest BCUT2D eigenvalue weighted by molar-refractivity contribution is -0.138. The Morgan fingerprint density at radius 3 is 2.70 bits per heavy atom. The van der Waals surface area contributed by atoms with Crippen molar-refractivity contribution in [1.29, 1.82) is 0 Å². The lowest BCUT2D eigenvalue weighted by Gasteiger charge is -2.23. The Morgan fingerprint density at radius 2 is 2.05 bits per heavy atom. The highest BCUT2D eigenvalue weighted by Crippen LogP contribution is 2.26. The first-order valence-corrected chi connectivity index (χ1v) is 6.82. The number of nitrogens with one attached hydrogen (secondary N) is 1. The van der Waals surface area contributed by atoms with Gasteiger partial charge in [0.15, 0.2) is 0 Å². The molecule has 0 saturated heterocycles. The van der Waals surface area contributed by atoms with Gasteiger partial charge in [-0.15, -0.1) is 11.3 Å². The molecule has 1 aromatic carbocycles. The third kappa shape index (κ3) is 3.33. The van der Waals surface area contributed by atoms with Gasteiger partial charge in [-0.1, -0.05) is 6.07 Å². The van der Waals surface area contributed by atoms with E-state index in [4.69, 9.17) is 5.11 Å². The maximum absolute atomic E-state index is 13.1. The highest BCUT2D eigenvalue weighted by molar-refractivity contribution is 7.20. The van der Waals surface area contributed by atoms with Crippen LogP contribution in [0.4, 0.5) is 4.39 Å². The fourth-order valence-corrected chi connectivity index (χ4v) is 2.89. The second-order valence-corrected chi connectivity index (χ2v) is 6.29. The molecule has 0 fully saturated rings. The van der Waals surface area contributed by atoms with Crippen molar-refractivity contribution in [1.82, 2.24) is 5.32 Å². The second kappa shape index (κ2) is 5.20. The van der Waals surface area contributed by atoms with Crippen LogP contribution >= 0.6 is 11.3 Å². The quantitative estimate of drug-likeness (QED) is 0.911. The third-order valence-corrected chi connectivity index (χ3v) is 3.85. The Morgan fingerprint density at radius 1 is 1.35 bits per heavy atom. The van der Waals surface area contributed by atoms with E-state index in [0.29, 0.717) is 9.58 Å². The molecule has 1 aromatic heterocycles. The van der Waals surface area contributed by atoms with Crippen molar-refractivity contribution in [3.05, 3.63) is 35.0 Å². The first kappa shape index (κ1) is 14.5. The van der Waals surface area contributed by atoms with E-state index in [1.165, 1.54) is 23.5 Å². The molecular weight excluding hydrogens is 281 g/mol. The first-order valence-electron chi connectivity index (χ1n) is 6.00. The van der Waals surface area contributed by atoms with Crippen molar-refractivity contribution in [3.63, 3.8) is 0 Å². The van der Waals surface area contributed by atoms with Crippen LogP contribution in [0, 0.1) is 5.82 Å². The number of carboxylic acid groups (broad SMARTS) is 1. The van der Waals surface area contributed by atoms with E-state index in [1.54, 1.807) is 26.0 Å². The predicted octanol–water partition coefficient (Wildman–Crippen LogP) is 3.02. The molecule has 0 atom stereocenters. The molecule has 1 heterocycles. The summed E-state index contributed by atoms with van der Waals surface area (Å²) in [6.07, 6.45) is -0.168. The van der Waals surface area contributed by atoms with Crippen LogP contribution < -0.4 is 5.32 Å². The number of hydrogen-bond acceptors (Lipinski definition) is 3. The van der Waals surface area contributed by atoms with E-state index >= 15 is 0 Å². The number of fused-ring (bicyclic) bond motifs is 1. The number of carbonyl (C=O) groups is 2. The Bertz CT molecular complexity index is 678. The van der Waals surface area contributed by atoms with Crippen LogP contribution in [-0.2, 0) is 4.79 Å². The van der Waals surface area contributed by atoms with Gasteiger partial charge in [0.1, 0.15) is 5.82 Å². The van der Waals surface area contributed by atoms with Crippen molar-refractivity contribution in [3.8, 4) is 0 Å². The Balaban J connectivity index is 2.21. The van der Waals surface area contributed by atoms with Crippen molar-refractivity contribution in [2.24, 2.45) is 0 Å². The summed E-state index contributed by atoms with van der Waals surface area (Å²) in [5.74, 6) is -1.68. The van der Waals surface area contributed by atoms with Crippen molar-refractivity contribution < 1.29 is 19.1 Å². The molecule has 2 aromatic rings. The number of thiophene rings is 1. The average molecular weight is 295 g/mol. The van der Waals surface area contributed by atoms with Crippen molar-refractivity contribution in [2.45, 2.75) is 25.8 Å². The highest BCUT2D eigenvalue weighted by Gasteiger charge is 2.25. The van der Waals surface area contributed by atoms with Gasteiger partial charge in [0.25, 0.3) is 5.91 Å². The molecule has 0 aliphatic rings. The number of carbonyl (C=O) groups excluding carboxylic acids is 1. The number of aliphatic carboxylic acids is 1. The fraction of sp³-hybridized carbons (Fsp3) is 0.286. The fourth-order valence-electron chi connectivity index (χ4n) is 1.91. The number of hydrogen-bond donors (Lipinski definition) is 2. The maximum atomic E-state index is 13.1. The third-order valence-electron chi connectivity index (χ3n) is 2.75. The van der Waals surface area contributed by atoms with Crippen LogP contribution in [0.1, 0.15) is 29.9 Å². The Labute approximate surface area is 119 Å². The molecule has 6 heteroatoms. The molecule has 2 rings (SSSR count). The number of benzene rings is 1. The minimum Gasteiger partial charge on any atom is -0.481 e. The number of amides is 1. The normalized spacial score (nSPS) is 11.6. The maximum Gasteiger partial charge on any atom is 0.305 e. The van der Waals surface area contributed by atoms with Gasteiger partial charge in [-0.2, -0.15) is 0 Å². The second-order valence-electron chi connectivity index (χ2n) is 5.20. The minimum absolute atomic E-state index is 0.168. The Kier molecular flexibility index (Phi) is 3.76. The van der Waals surface area contributed by atoms with Gasteiger partial charge >= 0.3 is 5.97 Å². The van der Waals surface area contributed by atoms with E-state index < -0.39 is 11.5 Å². The van der Waals surface area contributed by atoms with E-state index in [1.807, 2.05) is 0 Å². The zero-order valence-electron chi connectivity index (χ0n) is 11.1. The zero-order chi connectivity index (χ0) is 14.9. The molecule has 0 aliphatic heterocycles. The summed E-state index contributed by atoms with van der Waals surface area (Å²) in [6.45, 7) is 3.29. The molecule has 2 N–H and O–H groups in total. The van der Waals surface area contributed by atoms with Crippen LogP contribution in [-0.4, -0.2) is 22.5 Å². The molecule has 0 saturated carbocycles. The van der Waals surface area contributed by atoms with E-state index in [2.05, 4.69) is 5.32 Å². The highest BCUT2D eigenvalue weighted by atomic mass is 32.1. The van der Waals surface area contributed by atoms with Crippen molar-refractivity contribution >= 4 is 33.3 Å². The van der Waals surface area contributed by atoms with Crippen LogP contribution in [0.3, 0.4) is 0 Å². The van der Waals surface area contributed by atoms with Gasteiger partial charge in [0.05, 0.1) is 11.3 Å². The summed E-state index contributed by atoms with van der Waals surface area (Å²) in [4.78, 5) is 23.3. The molecule has 4 nitrogen and oxygen atoms in total. The average Bonchev–Trinajstić information content (AvgIpc) is 2.69. The van der Waals surface area contributed by atoms with E-state index in [9.17, 15) is 14.0 Å². The number of halogens is 1. The minimum atomic E-state index is -0.978. The topological polar surface area (TPSA) is 66.4 Å². The van der Waals surface area contributed by atoms with Crippen LogP contribution in [0.5, 0.6) is 0 Å². The zero-order valence-corrected chi connectivity index (χ0v) is 11.9. The predicted molar refractivity (Wildman–Crippen MR) is 75.6 cm³/mol. The molecule has 20 heavy (non-hydrogen) atoms. The largest absolute Gasteiger partial charge is 0.481 e. The van der Waals surface area contributed by atoms with Gasteiger partial charge in [-0.05, 0) is 37.4 Å². The summed E-state index contributed by atoms with van der Waals surface area (Å²) in [5, 5.41) is 12.3. The number of carboxylic acids is 1. The summed E-state index contributed by atoms with van der Waals surface area (Å²) < 4.78 is 13.8. The van der Waals surface area contributed by atoms with Gasteiger partial charge in [-0.25, -0.2) is 4.39 Å². The van der Waals surface area contributed by atoms with Gasteiger partial charge in [-0.3, -0.25) is 9.59 Å². The molecule has 0 spiro atoms. The lowest BCUT2D eigenvalue weighted by Crippen LogP contribution is -2.44. The van der Waals surface area contributed by atoms with E-state index in [-0.39, 0.29) is 18.1 Å². The molecule has 0 radical (unpaired) electrons. The summed E-state index contributed by atoms with van der Waals surface area (Å²) in [6, 6.07) is 6.00.